The number of halogens is 1. The van der Waals surface area contributed by atoms with E-state index in [9.17, 15) is 0 Å². The monoisotopic (exact) mass is 213 g/mol. The lowest BCUT2D eigenvalue weighted by molar-refractivity contribution is -0.902. The Morgan fingerprint density at radius 1 is 1.07 bits per heavy atom. The molecule has 1 nitrogen and oxygen atoms in total. The second kappa shape index (κ2) is 5.38. The summed E-state index contributed by atoms with van der Waals surface area (Å²) in [5, 5.41) is 0. The zero-order valence-corrected chi connectivity index (χ0v) is 10.3. The van der Waals surface area contributed by atoms with Crippen molar-refractivity contribution in [3.05, 3.63) is 35.9 Å². The fourth-order valence-corrected chi connectivity index (χ4v) is 1.91. The maximum atomic E-state index is 2.25. The molecule has 0 spiro atoms. The van der Waals surface area contributed by atoms with Crippen LogP contribution in [0.4, 0.5) is 0 Å². The van der Waals surface area contributed by atoms with E-state index in [2.05, 4.69) is 58.4 Å². The molecule has 0 saturated heterocycles. The van der Waals surface area contributed by atoms with Crippen LogP contribution in [0.1, 0.15) is 24.9 Å². The van der Waals surface area contributed by atoms with Crippen LogP contribution in [0.5, 0.6) is 0 Å². The molecule has 0 aromatic heterocycles. The number of quaternary nitrogens is 1. The first-order valence-electron chi connectivity index (χ1n) is 4.91. The van der Waals surface area contributed by atoms with E-state index < -0.39 is 0 Å². The van der Waals surface area contributed by atoms with Gasteiger partial charge in [-0.15, -0.1) is 0 Å². The molecule has 0 amide bonds. The molecule has 1 aromatic rings. The lowest BCUT2D eigenvalue weighted by atomic mass is 10.0. The topological polar surface area (TPSA) is 0 Å². The Morgan fingerprint density at radius 3 is 1.93 bits per heavy atom. The molecule has 1 unspecified atom stereocenters. The van der Waals surface area contributed by atoms with Crippen LogP contribution in [-0.4, -0.2) is 25.6 Å². The van der Waals surface area contributed by atoms with Gasteiger partial charge in [0.25, 0.3) is 0 Å². The van der Waals surface area contributed by atoms with E-state index in [1.165, 1.54) is 12.0 Å². The van der Waals surface area contributed by atoms with E-state index in [0.717, 1.165) is 4.48 Å². The van der Waals surface area contributed by atoms with E-state index in [1.54, 1.807) is 0 Å². The molecule has 0 heterocycles. The molecule has 0 aliphatic carbocycles. The van der Waals surface area contributed by atoms with Gasteiger partial charge in [-0.05, 0) is 0 Å². The minimum atomic E-state index is 0. The molecule has 0 aliphatic rings. The molecule has 0 aliphatic heterocycles. The highest BCUT2D eigenvalue weighted by atomic mass is 35.5. The van der Waals surface area contributed by atoms with E-state index in [1.807, 2.05) is 0 Å². The van der Waals surface area contributed by atoms with Crippen molar-refractivity contribution in [2.24, 2.45) is 0 Å². The molecule has 1 atom stereocenters. The van der Waals surface area contributed by atoms with Crippen LogP contribution in [0.15, 0.2) is 30.3 Å². The number of rotatable bonds is 3. The van der Waals surface area contributed by atoms with Gasteiger partial charge in [0, 0.05) is 12.0 Å². The standard InChI is InChI=1S/C12H20N.ClH/c1-5-12(13(2,3)4)11-9-7-6-8-10-11;/h6-10,12H,5H2,1-4H3;1H/q+1;/p-1. The summed E-state index contributed by atoms with van der Waals surface area (Å²) in [5.74, 6) is 0. The molecule has 1 aromatic carbocycles. The summed E-state index contributed by atoms with van der Waals surface area (Å²) < 4.78 is 1.00. The van der Waals surface area contributed by atoms with Gasteiger partial charge in [-0.1, -0.05) is 37.3 Å². The van der Waals surface area contributed by atoms with Crippen molar-refractivity contribution in [3.63, 3.8) is 0 Å². The molecule has 80 valence electrons. The highest BCUT2D eigenvalue weighted by Gasteiger charge is 2.22. The van der Waals surface area contributed by atoms with Gasteiger partial charge in [0.2, 0.25) is 0 Å². The first-order valence-corrected chi connectivity index (χ1v) is 4.91. The Labute approximate surface area is 93.7 Å². The molecule has 1 rings (SSSR count). The second-order valence-corrected chi connectivity index (χ2v) is 4.45. The largest absolute Gasteiger partial charge is 1.00 e. The predicted octanol–water partition coefficient (Wildman–Crippen LogP) is -0.152. The van der Waals surface area contributed by atoms with Crippen molar-refractivity contribution in [3.8, 4) is 0 Å². The molecule has 0 fully saturated rings. The van der Waals surface area contributed by atoms with Gasteiger partial charge in [0.05, 0.1) is 21.1 Å². The van der Waals surface area contributed by atoms with Gasteiger partial charge < -0.3 is 16.9 Å². The van der Waals surface area contributed by atoms with Crippen LogP contribution in [0, 0.1) is 0 Å². The zero-order chi connectivity index (χ0) is 9.90. The zero-order valence-electron chi connectivity index (χ0n) is 9.50. The van der Waals surface area contributed by atoms with Crippen LogP contribution in [0.2, 0.25) is 0 Å². The average Bonchev–Trinajstić information content (AvgIpc) is 2.05. The summed E-state index contributed by atoms with van der Waals surface area (Å²) in [6.45, 7) is 2.25. The molecular formula is C12H20ClN. The van der Waals surface area contributed by atoms with E-state index in [0.29, 0.717) is 6.04 Å². The third-order valence-corrected chi connectivity index (χ3v) is 2.51. The Hall–Kier alpha value is -0.530. The van der Waals surface area contributed by atoms with E-state index in [-0.39, 0.29) is 12.4 Å². The minimum absolute atomic E-state index is 0. The maximum Gasteiger partial charge on any atom is 0.114 e. The van der Waals surface area contributed by atoms with Crippen LogP contribution in [0.3, 0.4) is 0 Å². The second-order valence-electron chi connectivity index (χ2n) is 4.45. The Bertz CT molecular complexity index is 251. The first kappa shape index (κ1) is 13.5. The first-order chi connectivity index (χ1) is 6.05. The summed E-state index contributed by atoms with van der Waals surface area (Å²) in [5.41, 5.74) is 1.44. The Balaban J connectivity index is 0.00000169. The van der Waals surface area contributed by atoms with Crippen LogP contribution in [-0.2, 0) is 0 Å². The van der Waals surface area contributed by atoms with Crippen LogP contribution < -0.4 is 12.4 Å². The number of nitrogens with zero attached hydrogens (tertiary/aromatic N) is 1. The lowest BCUT2D eigenvalue weighted by Crippen LogP contribution is -3.00. The number of benzene rings is 1. The van der Waals surface area contributed by atoms with Gasteiger partial charge in [0.1, 0.15) is 6.04 Å². The molecule has 0 bridgehead atoms. The third-order valence-electron chi connectivity index (χ3n) is 2.51. The van der Waals surface area contributed by atoms with E-state index >= 15 is 0 Å². The number of hydrogen-bond donors (Lipinski definition) is 0. The minimum Gasteiger partial charge on any atom is -1.00 e. The fourth-order valence-electron chi connectivity index (χ4n) is 1.91. The van der Waals surface area contributed by atoms with E-state index in [4.69, 9.17) is 0 Å². The fraction of sp³-hybridized carbons (Fsp3) is 0.500. The molecule has 14 heavy (non-hydrogen) atoms. The van der Waals surface area contributed by atoms with Crippen molar-refractivity contribution in [1.29, 1.82) is 0 Å². The van der Waals surface area contributed by atoms with Crippen molar-refractivity contribution in [2.75, 3.05) is 21.1 Å². The quantitative estimate of drug-likeness (QED) is 0.613. The van der Waals surface area contributed by atoms with Gasteiger partial charge in [-0.25, -0.2) is 0 Å². The summed E-state index contributed by atoms with van der Waals surface area (Å²) >= 11 is 0. The smallest absolute Gasteiger partial charge is 0.114 e. The summed E-state index contributed by atoms with van der Waals surface area (Å²) in [4.78, 5) is 0. The summed E-state index contributed by atoms with van der Waals surface area (Å²) in [6.07, 6.45) is 1.19. The summed E-state index contributed by atoms with van der Waals surface area (Å²) in [6, 6.07) is 11.4. The van der Waals surface area contributed by atoms with Crippen molar-refractivity contribution < 1.29 is 16.9 Å². The van der Waals surface area contributed by atoms with Crippen molar-refractivity contribution in [2.45, 2.75) is 19.4 Å². The lowest BCUT2D eigenvalue weighted by Gasteiger charge is -2.33. The molecular weight excluding hydrogens is 194 g/mol. The molecule has 0 radical (unpaired) electrons. The predicted molar refractivity (Wildman–Crippen MR) is 57.5 cm³/mol. The average molecular weight is 214 g/mol. The van der Waals surface area contributed by atoms with Gasteiger partial charge in [-0.3, -0.25) is 0 Å². The molecule has 0 saturated carbocycles. The van der Waals surface area contributed by atoms with Crippen LogP contribution in [0.25, 0.3) is 0 Å². The van der Waals surface area contributed by atoms with Crippen LogP contribution >= 0.6 is 0 Å². The highest BCUT2D eigenvalue weighted by molar-refractivity contribution is 5.17. The number of hydrogen-bond acceptors (Lipinski definition) is 0. The van der Waals surface area contributed by atoms with Gasteiger partial charge in [0.15, 0.2) is 0 Å². The Morgan fingerprint density at radius 2 is 1.57 bits per heavy atom. The third kappa shape index (κ3) is 3.32. The van der Waals surface area contributed by atoms with Gasteiger partial charge >= 0.3 is 0 Å². The highest BCUT2D eigenvalue weighted by Crippen LogP contribution is 2.25. The van der Waals surface area contributed by atoms with Crippen molar-refractivity contribution >= 4 is 0 Å². The molecule has 0 N–H and O–H groups in total. The normalized spacial score (nSPS) is 13.1. The maximum absolute atomic E-state index is 2.25. The molecule has 2 heteroatoms. The van der Waals surface area contributed by atoms with Gasteiger partial charge in [-0.2, -0.15) is 0 Å². The SMILES string of the molecule is CCC(c1ccccc1)[N+](C)(C)C.[Cl-]. The van der Waals surface area contributed by atoms with Crippen molar-refractivity contribution in [1.82, 2.24) is 0 Å². The Kier molecular flexibility index (Phi) is 5.17. The summed E-state index contributed by atoms with van der Waals surface area (Å²) in [7, 11) is 6.75.